The molecular formula is C13H14N2O4. The second kappa shape index (κ2) is 5.62. The van der Waals surface area contributed by atoms with Crippen molar-refractivity contribution in [3.8, 4) is 5.75 Å². The summed E-state index contributed by atoms with van der Waals surface area (Å²) in [6, 6.07) is 4.03. The minimum atomic E-state index is -0.439. The number of aromatic hydroxyl groups is 1. The van der Waals surface area contributed by atoms with Crippen LogP contribution in [0.5, 0.6) is 5.75 Å². The number of rotatable bonds is 4. The molecule has 6 heteroatoms. The zero-order valence-electron chi connectivity index (χ0n) is 10.2. The quantitative estimate of drug-likeness (QED) is 0.528. The van der Waals surface area contributed by atoms with Crippen molar-refractivity contribution in [2.24, 2.45) is 0 Å². The number of aldehydes is 1. The molecule has 1 fully saturated rings. The fraction of sp³-hybridized carbons (Fsp3) is 0.308. The average Bonchev–Trinajstić information content (AvgIpc) is 2.39. The molecule has 0 aliphatic carbocycles. The van der Waals surface area contributed by atoms with Gasteiger partial charge in [0.25, 0.3) is 0 Å². The van der Waals surface area contributed by atoms with E-state index in [0.29, 0.717) is 36.8 Å². The first-order chi connectivity index (χ1) is 9.10. The SMILES string of the molecule is O=Cc1cc(O)ccc1CNC1CCC(=O)NC1=O. The molecule has 6 nitrogen and oxygen atoms in total. The molecule has 1 aromatic carbocycles. The summed E-state index contributed by atoms with van der Waals surface area (Å²) in [4.78, 5) is 33.4. The summed E-state index contributed by atoms with van der Waals surface area (Å²) in [6.45, 7) is 0.320. The van der Waals surface area contributed by atoms with E-state index in [1.807, 2.05) is 0 Å². The molecule has 1 heterocycles. The molecule has 100 valence electrons. The number of amides is 2. The highest BCUT2D eigenvalue weighted by Gasteiger charge is 2.25. The van der Waals surface area contributed by atoms with Gasteiger partial charge in [-0.05, 0) is 24.1 Å². The van der Waals surface area contributed by atoms with Crippen LogP contribution in [0.1, 0.15) is 28.8 Å². The first kappa shape index (κ1) is 13.2. The van der Waals surface area contributed by atoms with Gasteiger partial charge in [0.2, 0.25) is 11.8 Å². The fourth-order valence-corrected chi connectivity index (χ4v) is 1.97. The van der Waals surface area contributed by atoms with E-state index in [9.17, 15) is 19.5 Å². The Hall–Kier alpha value is -2.21. The molecule has 1 saturated heterocycles. The third-order valence-electron chi connectivity index (χ3n) is 3.03. The molecule has 1 atom stereocenters. The van der Waals surface area contributed by atoms with Gasteiger partial charge in [-0.3, -0.25) is 19.7 Å². The van der Waals surface area contributed by atoms with Crippen LogP contribution in [0.3, 0.4) is 0 Å². The summed E-state index contributed by atoms with van der Waals surface area (Å²) in [5, 5.41) is 14.5. The molecule has 1 aliphatic heterocycles. The van der Waals surface area contributed by atoms with Crippen LogP contribution in [-0.2, 0) is 16.1 Å². The van der Waals surface area contributed by atoms with Crippen molar-refractivity contribution >= 4 is 18.1 Å². The second-order valence-electron chi connectivity index (χ2n) is 4.39. The number of carbonyl (C=O) groups excluding carboxylic acids is 3. The lowest BCUT2D eigenvalue weighted by Gasteiger charge is -2.22. The summed E-state index contributed by atoms with van der Waals surface area (Å²) < 4.78 is 0. The van der Waals surface area contributed by atoms with Gasteiger partial charge in [0.05, 0.1) is 6.04 Å². The molecule has 0 radical (unpaired) electrons. The molecule has 0 spiro atoms. The van der Waals surface area contributed by atoms with Gasteiger partial charge in [-0.2, -0.15) is 0 Å². The Morgan fingerprint density at radius 2 is 2.21 bits per heavy atom. The second-order valence-corrected chi connectivity index (χ2v) is 4.39. The Morgan fingerprint density at radius 3 is 2.89 bits per heavy atom. The molecule has 0 aromatic heterocycles. The Bertz CT molecular complexity index is 527. The van der Waals surface area contributed by atoms with Gasteiger partial charge < -0.3 is 10.4 Å². The lowest BCUT2D eigenvalue weighted by Crippen LogP contribution is -2.50. The van der Waals surface area contributed by atoms with Gasteiger partial charge in [-0.25, -0.2) is 0 Å². The van der Waals surface area contributed by atoms with Crippen molar-refractivity contribution < 1.29 is 19.5 Å². The average molecular weight is 262 g/mol. The molecule has 2 amide bonds. The summed E-state index contributed by atoms with van der Waals surface area (Å²) in [5.41, 5.74) is 1.07. The highest BCUT2D eigenvalue weighted by molar-refractivity contribution is 6.00. The van der Waals surface area contributed by atoms with E-state index in [1.165, 1.54) is 12.1 Å². The molecule has 1 aromatic rings. The van der Waals surface area contributed by atoms with Crippen LogP contribution in [-0.4, -0.2) is 29.2 Å². The van der Waals surface area contributed by atoms with Crippen LogP contribution in [0.4, 0.5) is 0 Å². The number of hydrogen-bond acceptors (Lipinski definition) is 5. The highest BCUT2D eigenvalue weighted by atomic mass is 16.3. The monoisotopic (exact) mass is 262 g/mol. The van der Waals surface area contributed by atoms with Crippen molar-refractivity contribution in [3.05, 3.63) is 29.3 Å². The molecule has 0 bridgehead atoms. The Morgan fingerprint density at radius 1 is 1.42 bits per heavy atom. The minimum absolute atomic E-state index is 0.0202. The summed E-state index contributed by atoms with van der Waals surface area (Å²) in [7, 11) is 0. The molecule has 0 saturated carbocycles. The van der Waals surface area contributed by atoms with Gasteiger partial charge in [0, 0.05) is 18.5 Å². The predicted octanol–water partition coefficient (Wildman–Crippen LogP) is 0.0995. The maximum atomic E-state index is 11.5. The van der Waals surface area contributed by atoms with Crippen LogP contribution in [0.2, 0.25) is 0 Å². The molecular weight excluding hydrogens is 248 g/mol. The van der Waals surface area contributed by atoms with E-state index in [0.717, 1.165) is 0 Å². The minimum Gasteiger partial charge on any atom is -0.508 e. The topological polar surface area (TPSA) is 95.5 Å². The van der Waals surface area contributed by atoms with E-state index in [2.05, 4.69) is 10.6 Å². The van der Waals surface area contributed by atoms with Gasteiger partial charge in [0.15, 0.2) is 6.29 Å². The summed E-state index contributed by atoms with van der Waals surface area (Å²) >= 11 is 0. The molecule has 1 aliphatic rings. The predicted molar refractivity (Wildman–Crippen MR) is 66.5 cm³/mol. The number of phenols is 1. The lowest BCUT2D eigenvalue weighted by molar-refractivity contribution is -0.134. The van der Waals surface area contributed by atoms with Crippen molar-refractivity contribution in [3.63, 3.8) is 0 Å². The number of phenolic OH excluding ortho intramolecular Hbond substituents is 1. The third-order valence-corrected chi connectivity index (χ3v) is 3.03. The van der Waals surface area contributed by atoms with Gasteiger partial charge >= 0.3 is 0 Å². The van der Waals surface area contributed by atoms with E-state index in [4.69, 9.17) is 0 Å². The van der Waals surface area contributed by atoms with Gasteiger partial charge in [-0.15, -0.1) is 0 Å². The Labute approximate surface area is 109 Å². The van der Waals surface area contributed by atoms with Crippen LogP contribution in [0.15, 0.2) is 18.2 Å². The van der Waals surface area contributed by atoms with E-state index in [-0.39, 0.29) is 17.6 Å². The maximum Gasteiger partial charge on any atom is 0.243 e. The number of piperidine rings is 1. The van der Waals surface area contributed by atoms with Crippen LogP contribution in [0, 0.1) is 0 Å². The molecule has 3 N–H and O–H groups in total. The smallest absolute Gasteiger partial charge is 0.243 e. The van der Waals surface area contributed by atoms with Crippen molar-refractivity contribution in [2.75, 3.05) is 0 Å². The van der Waals surface area contributed by atoms with Crippen LogP contribution < -0.4 is 10.6 Å². The lowest BCUT2D eigenvalue weighted by atomic mass is 10.0. The Balaban J connectivity index is 2.01. The molecule has 19 heavy (non-hydrogen) atoms. The fourth-order valence-electron chi connectivity index (χ4n) is 1.97. The first-order valence-electron chi connectivity index (χ1n) is 5.94. The highest BCUT2D eigenvalue weighted by Crippen LogP contribution is 2.15. The first-order valence-corrected chi connectivity index (χ1v) is 5.94. The van der Waals surface area contributed by atoms with E-state index in [1.54, 1.807) is 6.07 Å². The molecule has 2 rings (SSSR count). The van der Waals surface area contributed by atoms with Crippen molar-refractivity contribution in [1.82, 2.24) is 10.6 Å². The maximum absolute atomic E-state index is 11.5. The van der Waals surface area contributed by atoms with Crippen molar-refractivity contribution in [1.29, 1.82) is 0 Å². The van der Waals surface area contributed by atoms with Gasteiger partial charge in [-0.1, -0.05) is 6.07 Å². The number of nitrogens with one attached hydrogen (secondary N) is 2. The summed E-state index contributed by atoms with van der Waals surface area (Å²) in [5.74, 6) is -0.587. The third kappa shape index (κ3) is 3.17. The number of hydrogen-bond donors (Lipinski definition) is 3. The standard InChI is InChI=1S/C13H14N2O4/c16-7-9-5-10(17)2-1-8(9)6-14-11-3-4-12(18)15-13(11)19/h1-2,5,7,11,14,17H,3-4,6H2,(H,15,18,19). The van der Waals surface area contributed by atoms with Crippen LogP contribution in [0.25, 0.3) is 0 Å². The van der Waals surface area contributed by atoms with E-state index >= 15 is 0 Å². The zero-order valence-corrected chi connectivity index (χ0v) is 10.2. The number of carbonyl (C=O) groups is 3. The largest absolute Gasteiger partial charge is 0.508 e. The number of imide groups is 1. The zero-order chi connectivity index (χ0) is 13.8. The normalized spacial score (nSPS) is 19.1. The van der Waals surface area contributed by atoms with E-state index < -0.39 is 6.04 Å². The molecule has 1 unspecified atom stereocenters. The Kier molecular flexibility index (Phi) is 3.91. The number of benzene rings is 1. The van der Waals surface area contributed by atoms with Gasteiger partial charge in [0.1, 0.15) is 5.75 Å². The van der Waals surface area contributed by atoms with Crippen molar-refractivity contribution in [2.45, 2.75) is 25.4 Å². The van der Waals surface area contributed by atoms with Crippen LogP contribution >= 0.6 is 0 Å². The summed E-state index contributed by atoms with van der Waals surface area (Å²) in [6.07, 6.45) is 1.40.